The molecule has 0 bridgehead atoms. The number of pyridine rings is 1. The predicted molar refractivity (Wildman–Crippen MR) is 77.9 cm³/mol. The van der Waals surface area contributed by atoms with Gasteiger partial charge in [-0.2, -0.15) is 0 Å². The van der Waals surface area contributed by atoms with Gasteiger partial charge in [0, 0.05) is 6.04 Å². The molecule has 0 aromatic carbocycles. The van der Waals surface area contributed by atoms with Crippen molar-refractivity contribution >= 4 is 29.9 Å². The van der Waals surface area contributed by atoms with E-state index in [1.165, 1.54) is 0 Å². The largest absolute Gasteiger partial charge is 0.495 e. The van der Waals surface area contributed by atoms with Crippen LogP contribution < -0.4 is 15.4 Å². The van der Waals surface area contributed by atoms with Crippen molar-refractivity contribution in [1.82, 2.24) is 15.6 Å². The SMILES string of the molecule is COc1ccc(CNC2=NCC(C)N2)nc1.I. The van der Waals surface area contributed by atoms with E-state index in [9.17, 15) is 0 Å². The lowest BCUT2D eigenvalue weighted by Gasteiger charge is -2.08. The molecule has 2 N–H and O–H groups in total. The summed E-state index contributed by atoms with van der Waals surface area (Å²) in [6.45, 7) is 3.60. The first kappa shape index (κ1) is 14.0. The number of rotatable bonds is 3. The quantitative estimate of drug-likeness (QED) is 0.805. The third-order valence-electron chi connectivity index (χ3n) is 2.38. The Morgan fingerprint density at radius 2 is 2.35 bits per heavy atom. The number of methoxy groups -OCH3 is 1. The van der Waals surface area contributed by atoms with Crippen LogP contribution in [0.15, 0.2) is 23.3 Å². The van der Waals surface area contributed by atoms with Crippen molar-refractivity contribution in [2.75, 3.05) is 13.7 Å². The van der Waals surface area contributed by atoms with E-state index in [-0.39, 0.29) is 24.0 Å². The second kappa shape index (κ2) is 6.63. The van der Waals surface area contributed by atoms with Gasteiger partial charge in [0.25, 0.3) is 0 Å². The average Bonchev–Trinajstić information content (AvgIpc) is 2.73. The summed E-state index contributed by atoms with van der Waals surface area (Å²) in [4.78, 5) is 8.57. The van der Waals surface area contributed by atoms with Gasteiger partial charge >= 0.3 is 0 Å². The molecular weight excluding hydrogens is 331 g/mol. The highest BCUT2D eigenvalue weighted by atomic mass is 127. The molecule has 1 atom stereocenters. The fourth-order valence-electron chi connectivity index (χ4n) is 1.47. The predicted octanol–water partition coefficient (Wildman–Crippen LogP) is 1.15. The number of nitrogens with zero attached hydrogens (tertiary/aromatic N) is 2. The maximum Gasteiger partial charge on any atom is 0.191 e. The van der Waals surface area contributed by atoms with Crippen molar-refractivity contribution in [2.24, 2.45) is 4.99 Å². The van der Waals surface area contributed by atoms with Gasteiger partial charge in [0.05, 0.1) is 32.1 Å². The lowest BCUT2D eigenvalue weighted by molar-refractivity contribution is 0.412. The highest BCUT2D eigenvalue weighted by Gasteiger charge is 2.11. The van der Waals surface area contributed by atoms with E-state index in [4.69, 9.17) is 4.74 Å². The molecule has 6 heteroatoms. The molecule has 2 heterocycles. The molecule has 17 heavy (non-hydrogen) atoms. The van der Waals surface area contributed by atoms with Gasteiger partial charge in [0.15, 0.2) is 5.96 Å². The third-order valence-corrected chi connectivity index (χ3v) is 2.38. The van der Waals surface area contributed by atoms with Crippen molar-refractivity contribution in [3.8, 4) is 5.75 Å². The van der Waals surface area contributed by atoms with Crippen LogP contribution in [-0.2, 0) is 6.54 Å². The van der Waals surface area contributed by atoms with Gasteiger partial charge in [-0.05, 0) is 19.1 Å². The van der Waals surface area contributed by atoms with Crippen molar-refractivity contribution in [2.45, 2.75) is 19.5 Å². The summed E-state index contributed by atoms with van der Waals surface area (Å²) in [6, 6.07) is 4.26. The van der Waals surface area contributed by atoms with Crippen LogP contribution in [0.3, 0.4) is 0 Å². The summed E-state index contributed by atoms with van der Waals surface area (Å²) in [5, 5.41) is 6.43. The van der Waals surface area contributed by atoms with Crippen molar-refractivity contribution < 1.29 is 4.74 Å². The zero-order valence-corrected chi connectivity index (χ0v) is 12.3. The minimum absolute atomic E-state index is 0. The van der Waals surface area contributed by atoms with Crippen LogP contribution in [-0.4, -0.2) is 30.6 Å². The number of halogens is 1. The highest BCUT2D eigenvalue weighted by Crippen LogP contribution is 2.07. The lowest BCUT2D eigenvalue weighted by Crippen LogP contribution is -2.37. The summed E-state index contributed by atoms with van der Waals surface area (Å²) in [7, 11) is 1.63. The Hall–Kier alpha value is -1.05. The van der Waals surface area contributed by atoms with Crippen LogP contribution in [0.25, 0.3) is 0 Å². The van der Waals surface area contributed by atoms with Crippen LogP contribution in [0, 0.1) is 0 Å². The van der Waals surface area contributed by atoms with Crippen LogP contribution in [0.1, 0.15) is 12.6 Å². The first-order valence-electron chi connectivity index (χ1n) is 5.31. The van der Waals surface area contributed by atoms with E-state index in [1.54, 1.807) is 13.3 Å². The zero-order chi connectivity index (χ0) is 11.4. The Balaban J connectivity index is 0.00000144. The van der Waals surface area contributed by atoms with Crippen LogP contribution >= 0.6 is 24.0 Å². The molecule has 0 radical (unpaired) electrons. The molecule has 1 unspecified atom stereocenters. The van der Waals surface area contributed by atoms with E-state index in [0.29, 0.717) is 12.6 Å². The minimum atomic E-state index is 0. The fourth-order valence-corrected chi connectivity index (χ4v) is 1.47. The summed E-state index contributed by atoms with van der Waals surface area (Å²) < 4.78 is 5.04. The number of ether oxygens (including phenoxy) is 1. The highest BCUT2D eigenvalue weighted by molar-refractivity contribution is 14.0. The van der Waals surface area contributed by atoms with Gasteiger partial charge in [-0.15, -0.1) is 24.0 Å². The molecule has 5 nitrogen and oxygen atoms in total. The van der Waals surface area contributed by atoms with Gasteiger partial charge in [0.2, 0.25) is 0 Å². The maximum absolute atomic E-state index is 5.04. The normalized spacial score (nSPS) is 17.8. The molecule has 1 aliphatic heterocycles. The molecule has 0 spiro atoms. The summed E-state index contributed by atoms with van der Waals surface area (Å²) in [6.07, 6.45) is 1.71. The van der Waals surface area contributed by atoms with E-state index >= 15 is 0 Å². The molecule has 0 saturated heterocycles. The number of aromatic nitrogens is 1. The third kappa shape index (κ3) is 4.03. The van der Waals surface area contributed by atoms with Gasteiger partial charge < -0.3 is 15.4 Å². The van der Waals surface area contributed by atoms with Gasteiger partial charge in [-0.1, -0.05) is 0 Å². The van der Waals surface area contributed by atoms with Crippen molar-refractivity contribution in [1.29, 1.82) is 0 Å². The molecule has 0 amide bonds. The fraction of sp³-hybridized carbons (Fsp3) is 0.455. The van der Waals surface area contributed by atoms with Gasteiger partial charge in [-0.25, -0.2) is 0 Å². The van der Waals surface area contributed by atoms with Crippen molar-refractivity contribution in [3.63, 3.8) is 0 Å². The number of nitrogens with one attached hydrogen (secondary N) is 2. The number of hydrogen-bond acceptors (Lipinski definition) is 5. The molecule has 2 rings (SSSR count). The van der Waals surface area contributed by atoms with Gasteiger partial charge in [-0.3, -0.25) is 9.98 Å². The first-order valence-corrected chi connectivity index (χ1v) is 5.31. The first-order chi connectivity index (χ1) is 7.78. The van der Waals surface area contributed by atoms with E-state index in [0.717, 1.165) is 23.9 Å². The Kier molecular flexibility index (Phi) is 5.46. The molecule has 94 valence electrons. The van der Waals surface area contributed by atoms with E-state index in [2.05, 4.69) is 27.5 Å². The molecule has 0 aliphatic carbocycles. The van der Waals surface area contributed by atoms with Crippen molar-refractivity contribution in [3.05, 3.63) is 24.0 Å². The minimum Gasteiger partial charge on any atom is -0.495 e. The lowest BCUT2D eigenvalue weighted by atomic mass is 10.3. The van der Waals surface area contributed by atoms with Gasteiger partial charge in [0.1, 0.15) is 5.75 Å². The Bertz CT molecular complexity index is 380. The molecule has 1 aliphatic rings. The van der Waals surface area contributed by atoms with E-state index < -0.39 is 0 Å². The summed E-state index contributed by atoms with van der Waals surface area (Å²) in [5.74, 6) is 1.62. The second-order valence-corrected chi connectivity index (χ2v) is 3.78. The van der Waals surface area contributed by atoms with Crippen LogP contribution in [0.4, 0.5) is 0 Å². The topological polar surface area (TPSA) is 58.5 Å². The smallest absolute Gasteiger partial charge is 0.191 e. The average molecular weight is 348 g/mol. The standard InChI is InChI=1S/C11H16N4O.HI/c1-8-5-13-11(15-8)14-6-9-3-4-10(16-2)7-12-9;/h3-4,7-8H,5-6H2,1-2H3,(H2,13,14,15);1H. The Morgan fingerprint density at radius 1 is 1.53 bits per heavy atom. The zero-order valence-electron chi connectivity index (χ0n) is 9.93. The Labute approximate surface area is 118 Å². The number of aliphatic imine (C=N–C) groups is 1. The van der Waals surface area contributed by atoms with E-state index in [1.807, 2.05) is 12.1 Å². The van der Waals surface area contributed by atoms with Crippen LogP contribution in [0.2, 0.25) is 0 Å². The second-order valence-electron chi connectivity index (χ2n) is 3.78. The molecule has 1 aromatic rings. The molecule has 0 saturated carbocycles. The van der Waals surface area contributed by atoms with Crippen LogP contribution in [0.5, 0.6) is 5.75 Å². The summed E-state index contributed by atoms with van der Waals surface area (Å²) >= 11 is 0. The number of guanidine groups is 1. The molecule has 0 fully saturated rings. The summed E-state index contributed by atoms with van der Waals surface area (Å²) in [5.41, 5.74) is 0.963. The molecular formula is C11H17IN4O. The monoisotopic (exact) mass is 348 g/mol. The molecule has 1 aromatic heterocycles. The maximum atomic E-state index is 5.04. The number of hydrogen-bond donors (Lipinski definition) is 2. The Morgan fingerprint density at radius 3 is 2.88 bits per heavy atom.